The highest BCUT2D eigenvalue weighted by atomic mass is 16.6. The molecule has 3 saturated carbocycles. The predicted octanol–water partition coefficient (Wildman–Crippen LogP) is 14.1. The second kappa shape index (κ2) is 26.8. The topological polar surface area (TPSA) is 145 Å². The number of unbranched alkanes of at least 4 members (excludes halogenated alkanes) is 1. The van der Waals surface area contributed by atoms with Crippen molar-refractivity contribution in [1.82, 2.24) is 15.5 Å². The highest BCUT2D eigenvalue weighted by molar-refractivity contribution is 5.77. The van der Waals surface area contributed by atoms with Crippen LogP contribution in [-0.4, -0.2) is 83.5 Å². The number of aliphatic imine (C=N–C) groups is 1. The number of amidine groups is 1. The van der Waals surface area contributed by atoms with Crippen LogP contribution in [0.1, 0.15) is 246 Å². The first kappa shape index (κ1) is 61.7. The van der Waals surface area contributed by atoms with Crippen LogP contribution >= 0.6 is 0 Å². The van der Waals surface area contributed by atoms with Gasteiger partial charge in [-0.1, -0.05) is 86.8 Å². The smallest absolute Gasteiger partial charge is 0.408 e. The molecule has 72 heavy (non-hydrogen) atoms. The number of esters is 1. The highest BCUT2D eigenvalue weighted by Crippen LogP contribution is 2.67. The summed E-state index contributed by atoms with van der Waals surface area (Å²) in [5, 5.41) is 6.75. The summed E-state index contributed by atoms with van der Waals surface area (Å²) >= 11 is 0. The van der Waals surface area contributed by atoms with E-state index in [0.29, 0.717) is 44.2 Å². The molecule has 4 rings (SSSR count). The van der Waals surface area contributed by atoms with Gasteiger partial charge in [0, 0.05) is 37.9 Å². The fraction of sp³-hybridized carbons (Fsp3) is 0.902. The maximum atomic E-state index is 14.0. The van der Waals surface area contributed by atoms with Gasteiger partial charge in [0.1, 0.15) is 17.3 Å². The molecule has 0 saturated heterocycles. The molecule has 0 radical (unpaired) electrons. The van der Waals surface area contributed by atoms with Crippen molar-refractivity contribution in [3.8, 4) is 0 Å². The number of allylic oxidation sites excluding steroid dienone is 1. The second-order valence-corrected chi connectivity index (χ2v) is 26.6. The Labute approximate surface area is 441 Å². The average Bonchev–Trinajstić information content (AvgIpc) is 3.65. The summed E-state index contributed by atoms with van der Waals surface area (Å²) in [4.78, 5) is 47.2. The third-order valence-electron chi connectivity index (χ3n) is 19.1. The lowest BCUT2D eigenvalue weighted by atomic mass is 9.47. The molecule has 4 aliphatic rings. The van der Waals surface area contributed by atoms with Crippen LogP contribution in [0.2, 0.25) is 0 Å². The van der Waals surface area contributed by atoms with E-state index >= 15 is 0 Å². The van der Waals surface area contributed by atoms with E-state index in [0.717, 1.165) is 99.5 Å². The predicted molar refractivity (Wildman–Crippen MR) is 298 cm³/mol. The maximum absolute atomic E-state index is 14.0. The van der Waals surface area contributed by atoms with Crippen LogP contribution < -0.4 is 16.4 Å². The number of ether oxygens (including phenoxy) is 3. The van der Waals surface area contributed by atoms with Gasteiger partial charge in [-0.2, -0.15) is 0 Å². The van der Waals surface area contributed by atoms with Crippen LogP contribution in [0.4, 0.5) is 4.79 Å². The number of alkyl carbamates (subject to hydrolysis) is 1. The Hall–Kier alpha value is -2.82. The molecule has 0 spiro atoms. The van der Waals surface area contributed by atoms with Gasteiger partial charge in [-0.05, 0) is 217 Å². The molecule has 11 heteroatoms. The van der Waals surface area contributed by atoms with E-state index in [-0.39, 0.29) is 47.8 Å². The molecular formula is C61H111N5O6. The summed E-state index contributed by atoms with van der Waals surface area (Å²) in [6.45, 7) is 37.6. The number of hydrogen-bond donors (Lipinski definition) is 3. The zero-order valence-corrected chi connectivity index (χ0v) is 49.3. The monoisotopic (exact) mass is 1010 g/mol. The number of carbonyl (C=O) groups excluding carboxylic acids is 3. The summed E-state index contributed by atoms with van der Waals surface area (Å²) in [5.41, 5.74) is 6.51. The Balaban J connectivity index is 1.30. The summed E-state index contributed by atoms with van der Waals surface area (Å²) < 4.78 is 17.7. The molecule has 3 fully saturated rings. The fourth-order valence-corrected chi connectivity index (χ4v) is 14.2. The minimum atomic E-state index is -0.610. The fourth-order valence-electron chi connectivity index (χ4n) is 14.2. The van der Waals surface area contributed by atoms with Crippen LogP contribution in [-0.2, 0) is 23.8 Å². The first-order chi connectivity index (χ1) is 33.7. The minimum absolute atomic E-state index is 0.0407. The normalized spacial score (nSPS) is 27.4. The average molecular weight is 1010 g/mol. The number of hydrogen-bond acceptors (Lipinski definition) is 8. The van der Waals surface area contributed by atoms with E-state index in [9.17, 15) is 14.4 Å². The van der Waals surface area contributed by atoms with Crippen molar-refractivity contribution in [1.29, 1.82) is 0 Å². The van der Waals surface area contributed by atoms with Crippen LogP contribution in [0.25, 0.3) is 0 Å². The molecule has 11 nitrogen and oxygen atoms in total. The van der Waals surface area contributed by atoms with Crippen molar-refractivity contribution < 1.29 is 28.6 Å². The van der Waals surface area contributed by atoms with E-state index in [1.165, 1.54) is 56.9 Å². The lowest BCUT2D eigenvalue weighted by molar-refractivity contribution is -0.151. The maximum Gasteiger partial charge on any atom is 0.408 e. The van der Waals surface area contributed by atoms with Crippen LogP contribution in [0.5, 0.6) is 0 Å². The SMILES string of the molecule is CC[C@H](CC[C@@H](C)[C@H]1CC[C@H]2[C@@H]3CC=C4C[C@@H](OC(=O)CCCC(=O)N(CCCCNCCC(C)(CC)N=C(N)OC(C)(C)C)CCC(CC)(CC)NC(=O)OC(C)(C)C)CC[C@]4(C)[C@H]3CC[C@]12C)C(C)C. The number of rotatable bonds is 27. The van der Waals surface area contributed by atoms with Gasteiger partial charge in [-0.15, -0.1) is 0 Å². The Morgan fingerprint density at radius 3 is 2.12 bits per heavy atom. The highest BCUT2D eigenvalue weighted by Gasteiger charge is 2.59. The first-order valence-corrected chi connectivity index (χ1v) is 29.6. The Morgan fingerprint density at radius 2 is 1.50 bits per heavy atom. The molecular weight excluding hydrogens is 899 g/mol. The van der Waals surface area contributed by atoms with Crippen molar-refractivity contribution in [3.05, 3.63) is 11.6 Å². The van der Waals surface area contributed by atoms with Crippen molar-refractivity contribution in [3.63, 3.8) is 0 Å². The van der Waals surface area contributed by atoms with Gasteiger partial charge in [0.15, 0.2) is 0 Å². The third-order valence-corrected chi connectivity index (χ3v) is 19.1. The number of nitrogens with two attached hydrogens (primary N) is 1. The Morgan fingerprint density at radius 1 is 0.806 bits per heavy atom. The quantitative estimate of drug-likeness (QED) is 0.0243. The molecule has 1 unspecified atom stereocenters. The summed E-state index contributed by atoms with van der Waals surface area (Å²) in [7, 11) is 0. The van der Waals surface area contributed by atoms with Gasteiger partial charge in [0.05, 0.1) is 5.54 Å². The Bertz CT molecular complexity index is 1780. The van der Waals surface area contributed by atoms with Crippen molar-refractivity contribution >= 4 is 24.0 Å². The van der Waals surface area contributed by atoms with E-state index in [4.69, 9.17) is 24.9 Å². The van der Waals surface area contributed by atoms with E-state index in [1.807, 2.05) is 46.4 Å². The van der Waals surface area contributed by atoms with Gasteiger partial charge in [-0.25, -0.2) is 9.79 Å². The minimum Gasteiger partial charge on any atom is -0.462 e. The van der Waals surface area contributed by atoms with Crippen molar-refractivity contribution in [2.75, 3.05) is 26.2 Å². The van der Waals surface area contributed by atoms with Crippen LogP contribution in [0.3, 0.4) is 0 Å². The molecule has 0 heterocycles. The van der Waals surface area contributed by atoms with E-state index in [1.54, 1.807) is 0 Å². The summed E-state index contributed by atoms with van der Waals surface area (Å²) in [5.74, 6) is 5.46. The van der Waals surface area contributed by atoms with Crippen molar-refractivity contribution in [2.24, 2.45) is 63.0 Å². The van der Waals surface area contributed by atoms with Gasteiger partial charge in [0.25, 0.3) is 6.02 Å². The Kier molecular flexibility index (Phi) is 23.0. The molecule has 416 valence electrons. The van der Waals surface area contributed by atoms with Crippen LogP contribution in [0, 0.1) is 52.3 Å². The standard InChI is InChI=1S/C61H111N5O6/c1-17-45(43(5)6)27-26-44(7)49-30-31-50-48-29-28-46-42-47(32-34-59(46,15)51(48)33-35-60(49,50)16)70-53(68)25-23-24-52(67)66(41-37-61(19-3,20-4)65-55(69)72-57(11,12)13)40-22-21-38-63-39-36-58(14,18-2)64-54(62)71-56(8,9)10/h28,43-45,47-51,63H,17-27,29-42H2,1-16H3,(H2,62,64)(H,65,69)/t44-,45-,47+,48+,49-,50+,51+,58?,59+,60-/m1/s1. The molecule has 2 amide bonds. The molecule has 0 aromatic carbocycles. The van der Waals surface area contributed by atoms with Gasteiger partial charge in [0.2, 0.25) is 5.91 Å². The van der Waals surface area contributed by atoms with E-state index in [2.05, 4.69) is 85.9 Å². The molecule has 0 bridgehead atoms. The third kappa shape index (κ3) is 17.4. The lowest BCUT2D eigenvalue weighted by Crippen LogP contribution is -2.51. The van der Waals surface area contributed by atoms with Gasteiger partial charge in [-0.3, -0.25) is 9.59 Å². The molecule has 0 aromatic heterocycles. The van der Waals surface area contributed by atoms with Crippen molar-refractivity contribution in [2.45, 2.75) is 274 Å². The summed E-state index contributed by atoms with van der Waals surface area (Å²) in [6.07, 6.45) is 22.1. The zero-order valence-electron chi connectivity index (χ0n) is 49.3. The van der Waals surface area contributed by atoms with Gasteiger partial charge >= 0.3 is 12.1 Å². The molecule has 4 N–H and O–H groups in total. The number of nitrogens with zero attached hydrogens (tertiary/aromatic N) is 2. The molecule has 0 aromatic rings. The number of nitrogens with one attached hydrogen (secondary N) is 2. The molecule has 4 aliphatic carbocycles. The summed E-state index contributed by atoms with van der Waals surface area (Å²) in [6, 6.07) is 0.225. The first-order valence-electron chi connectivity index (χ1n) is 29.6. The largest absolute Gasteiger partial charge is 0.462 e. The van der Waals surface area contributed by atoms with Gasteiger partial charge < -0.3 is 35.5 Å². The number of amides is 2. The van der Waals surface area contributed by atoms with Crippen LogP contribution in [0.15, 0.2) is 16.6 Å². The van der Waals surface area contributed by atoms with E-state index < -0.39 is 22.8 Å². The molecule has 10 atom stereocenters. The zero-order chi connectivity index (χ0) is 53.7. The number of fused-ring (bicyclic) bond motifs is 5. The lowest BCUT2D eigenvalue weighted by Gasteiger charge is -2.58. The second-order valence-electron chi connectivity index (χ2n) is 26.6. The molecule has 0 aliphatic heterocycles. The number of carbonyl (C=O) groups is 3.